The molecule has 0 aliphatic carbocycles. The predicted octanol–water partition coefficient (Wildman–Crippen LogP) is 4.05. The third-order valence-corrected chi connectivity index (χ3v) is 4.00. The summed E-state index contributed by atoms with van der Waals surface area (Å²) in [7, 11) is 0. The van der Waals surface area contributed by atoms with E-state index >= 15 is 0 Å². The Morgan fingerprint density at radius 2 is 2.00 bits per heavy atom. The Kier molecular flexibility index (Phi) is 5.17. The Morgan fingerprint density at radius 3 is 2.62 bits per heavy atom. The molecule has 0 saturated carbocycles. The first-order valence-corrected chi connectivity index (χ1v) is 7.22. The summed E-state index contributed by atoms with van der Waals surface area (Å²) in [4.78, 5) is 10.2. The Hall–Kier alpha value is -1.63. The molecule has 0 aromatic heterocycles. The predicted molar refractivity (Wildman–Crippen MR) is 84.5 cm³/mol. The molecule has 0 atom stereocenters. The van der Waals surface area contributed by atoms with Crippen molar-refractivity contribution in [2.75, 3.05) is 0 Å². The number of hydrogen-bond acceptors (Lipinski definition) is 4. The van der Waals surface area contributed by atoms with Crippen LogP contribution in [0.25, 0.3) is 0 Å². The van der Waals surface area contributed by atoms with E-state index in [1.807, 2.05) is 18.2 Å². The zero-order valence-electron chi connectivity index (χ0n) is 10.9. The topological polar surface area (TPSA) is 78.4 Å². The molecule has 2 rings (SSSR count). The zero-order chi connectivity index (χ0) is 15.4. The lowest BCUT2D eigenvalue weighted by Crippen LogP contribution is -2.00. The van der Waals surface area contributed by atoms with Crippen LogP contribution in [0.5, 0.6) is 5.75 Å². The van der Waals surface area contributed by atoms with Crippen LogP contribution in [0.1, 0.15) is 11.1 Å². The summed E-state index contributed by atoms with van der Waals surface area (Å²) in [6.45, 7) is 0.624. The van der Waals surface area contributed by atoms with E-state index < -0.39 is 4.92 Å². The van der Waals surface area contributed by atoms with E-state index in [2.05, 4.69) is 15.9 Å². The Bertz CT molecular complexity index is 679. The molecule has 110 valence electrons. The fraction of sp³-hybridized carbons (Fsp3) is 0.143. The molecule has 0 unspecified atom stereocenters. The van der Waals surface area contributed by atoms with Gasteiger partial charge in [-0.05, 0) is 29.8 Å². The zero-order valence-corrected chi connectivity index (χ0v) is 13.2. The van der Waals surface area contributed by atoms with Crippen molar-refractivity contribution in [1.82, 2.24) is 0 Å². The molecule has 0 saturated heterocycles. The van der Waals surface area contributed by atoms with Gasteiger partial charge in [0.05, 0.1) is 9.95 Å². The highest BCUT2D eigenvalue weighted by atomic mass is 79.9. The molecule has 2 N–H and O–H groups in total. The number of rotatable bonds is 5. The lowest BCUT2D eigenvalue weighted by atomic mass is 10.2. The molecule has 0 amide bonds. The fourth-order valence-corrected chi connectivity index (χ4v) is 2.36. The molecular formula is C14H12BrClN2O3. The third-order valence-electron chi connectivity index (χ3n) is 2.88. The average molecular weight is 372 g/mol. The first-order chi connectivity index (χ1) is 10.0. The maximum Gasteiger partial charge on any atom is 0.270 e. The Morgan fingerprint density at radius 1 is 1.24 bits per heavy atom. The fourth-order valence-electron chi connectivity index (χ4n) is 1.73. The highest BCUT2D eigenvalue weighted by molar-refractivity contribution is 9.10. The van der Waals surface area contributed by atoms with Gasteiger partial charge in [-0.25, -0.2) is 0 Å². The summed E-state index contributed by atoms with van der Waals surface area (Å²) in [6.07, 6.45) is 0. The molecular weight excluding hydrogens is 360 g/mol. The number of halogens is 2. The molecule has 0 spiro atoms. The van der Waals surface area contributed by atoms with Crippen LogP contribution in [0.3, 0.4) is 0 Å². The summed E-state index contributed by atoms with van der Waals surface area (Å²) in [5, 5.41) is 11.0. The van der Waals surface area contributed by atoms with Gasteiger partial charge in [-0.2, -0.15) is 0 Å². The largest absolute Gasteiger partial charge is 0.489 e. The number of hydrogen-bond donors (Lipinski definition) is 1. The van der Waals surface area contributed by atoms with Crippen molar-refractivity contribution in [3.05, 3.63) is 67.1 Å². The minimum absolute atomic E-state index is 0.0437. The highest BCUT2D eigenvalue weighted by Crippen LogP contribution is 2.26. The van der Waals surface area contributed by atoms with Crippen molar-refractivity contribution in [3.63, 3.8) is 0 Å². The number of nitro groups is 1. The molecule has 0 radical (unpaired) electrons. The Balaban J connectivity index is 2.11. The van der Waals surface area contributed by atoms with Crippen LogP contribution in [-0.2, 0) is 13.2 Å². The van der Waals surface area contributed by atoms with Crippen molar-refractivity contribution in [2.24, 2.45) is 5.73 Å². The van der Waals surface area contributed by atoms with Gasteiger partial charge in [0.1, 0.15) is 12.4 Å². The lowest BCUT2D eigenvalue weighted by molar-refractivity contribution is -0.384. The molecule has 0 aliphatic heterocycles. The number of benzene rings is 2. The van der Waals surface area contributed by atoms with Gasteiger partial charge in [0, 0.05) is 28.7 Å². The minimum Gasteiger partial charge on any atom is -0.489 e. The number of ether oxygens (including phenoxy) is 1. The minimum atomic E-state index is -0.487. The second-order valence-corrected chi connectivity index (χ2v) is 5.54. The van der Waals surface area contributed by atoms with Gasteiger partial charge in [-0.3, -0.25) is 10.1 Å². The highest BCUT2D eigenvalue weighted by Gasteiger charge is 2.10. The molecule has 0 bridgehead atoms. The molecule has 5 nitrogen and oxygen atoms in total. The van der Waals surface area contributed by atoms with Crippen molar-refractivity contribution >= 4 is 33.2 Å². The summed E-state index contributed by atoms with van der Waals surface area (Å²) in [5.74, 6) is 0.660. The van der Waals surface area contributed by atoms with Crippen molar-refractivity contribution < 1.29 is 9.66 Å². The van der Waals surface area contributed by atoms with Gasteiger partial charge in [0.2, 0.25) is 0 Å². The molecule has 2 aromatic rings. The van der Waals surface area contributed by atoms with E-state index in [0.29, 0.717) is 22.9 Å². The number of nitrogens with two attached hydrogens (primary N) is 1. The van der Waals surface area contributed by atoms with E-state index in [-0.39, 0.29) is 12.3 Å². The van der Waals surface area contributed by atoms with Gasteiger partial charge in [0.15, 0.2) is 0 Å². The van der Waals surface area contributed by atoms with Gasteiger partial charge in [0.25, 0.3) is 5.69 Å². The van der Waals surface area contributed by atoms with Gasteiger partial charge >= 0.3 is 0 Å². The molecule has 2 aromatic carbocycles. The average Bonchev–Trinajstić information content (AvgIpc) is 2.47. The summed E-state index contributed by atoms with van der Waals surface area (Å²) >= 11 is 9.41. The van der Waals surface area contributed by atoms with E-state index in [4.69, 9.17) is 22.1 Å². The second kappa shape index (κ2) is 6.89. The molecule has 0 fully saturated rings. The number of nitrogens with zero attached hydrogens (tertiary/aromatic N) is 1. The maximum atomic E-state index is 10.6. The van der Waals surface area contributed by atoms with Crippen LogP contribution in [0.2, 0.25) is 5.02 Å². The van der Waals surface area contributed by atoms with E-state index in [1.54, 1.807) is 6.07 Å². The van der Waals surface area contributed by atoms with Crippen molar-refractivity contribution in [2.45, 2.75) is 13.2 Å². The monoisotopic (exact) mass is 370 g/mol. The molecule has 0 aliphatic rings. The SMILES string of the molecule is NCc1cc(OCc2ccc([N+](=O)[O-])cc2Cl)ccc1Br. The van der Waals surface area contributed by atoms with E-state index in [9.17, 15) is 10.1 Å². The smallest absolute Gasteiger partial charge is 0.270 e. The molecule has 21 heavy (non-hydrogen) atoms. The molecule has 7 heteroatoms. The Labute approximate surface area is 134 Å². The number of nitro benzene ring substituents is 1. The quantitative estimate of drug-likeness (QED) is 0.635. The normalized spacial score (nSPS) is 10.4. The van der Waals surface area contributed by atoms with Crippen LogP contribution in [-0.4, -0.2) is 4.92 Å². The van der Waals surface area contributed by atoms with Crippen molar-refractivity contribution in [3.8, 4) is 5.75 Å². The first-order valence-electron chi connectivity index (χ1n) is 6.05. The lowest BCUT2D eigenvalue weighted by Gasteiger charge is -2.10. The third kappa shape index (κ3) is 3.93. The van der Waals surface area contributed by atoms with E-state index in [1.165, 1.54) is 12.1 Å². The molecule has 0 heterocycles. The van der Waals surface area contributed by atoms with Crippen LogP contribution < -0.4 is 10.5 Å². The van der Waals surface area contributed by atoms with Crippen LogP contribution in [0, 0.1) is 10.1 Å². The van der Waals surface area contributed by atoms with E-state index in [0.717, 1.165) is 10.0 Å². The van der Waals surface area contributed by atoms with Gasteiger partial charge < -0.3 is 10.5 Å². The van der Waals surface area contributed by atoms with Gasteiger partial charge in [-0.1, -0.05) is 27.5 Å². The summed E-state index contributed by atoms with van der Waals surface area (Å²) in [5.41, 5.74) is 7.19. The first kappa shape index (κ1) is 15.8. The number of non-ortho nitro benzene ring substituents is 1. The van der Waals surface area contributed by atoms with Gasteiger partial charge in [-0.15, -0.1) is 0 Å². The van der Waals surface area contributed by atoms with Crippen LogP contribution in [0.15, 0.2) is 40.9 Å². The standard InChI is InChI=1S/C14H12BrClN2O3/c15-13-4-3-12(5-10(13)7-17)21-8-9-1-2-11(18(19)20)6-14(9)16/h1-6H,7-8,17H2. The maximum absolute atomic E-state index is 10.6. The van der Waals surface area contributed by atoms with Crippen LogP contribution in [0.4, 0.5) is 5.69 Å². The summed E-state index contributed by atoms with van der Waals surface area (Å²) in [6, 6.07) is 9.80. The van der Waals surface area contributed by atoms with Crippen molar-refractivity contribution in [1.29, 1.82) is 0 Å². The van der Waals surface area contributed by atoms with Crippen LogP contribution >= 0.6 is 27.5 Å². The second-order valence-electron chi connectivity index (χ2n) is 4.28. The summed E-state index contributed by atoms with van der Waals surface area (Å²) < 4.78 is 6.56.